The number of carbonyl (C=O) groups is 1. The number of nitrogens with one attached hydrogen (secondary N) is 2. The van der Waals surface area contributed by atoms with Gasteiger partial charge in [-0.2, -0.15) is 0 Å². The van der Waals surface area contributed by atoms with Gasteiger partial charge >= 0.3 is 6.03 Å². The van der Waals surface area contributed by atoms with Gasteiger partial charge in [-0.25, -0.2) is 18.6 Å². The van der Waals surface area contributed by atoms with Crippen LogP contribution in [0.2, 0.25) is 0 Å². The van der Waals surface area contributed by atoms with E-state index in [4.69, 9.17) is 4.74 Å². The number of anilines is 2. The van der Waals surface area contributed by atoms with Gasteiger partial charge in [0.05, 0.1) is 13.2 Å². The number of hydrogen-bond acceptors (Lipinski definition) is 4. The second-order valence-electron chi connectivity index (χ2n) is 6.73. The van der Waals surface area contributed by atoms with Crippen molar-refractivity contribution < 1.29 is 18.3 Å². The molecule has 0 radical (unpaired) electrons. The highest BCUT2D eigenvalue weighted by molar-refractivity contribution is 5.93. The lowest BCUT2D eigenvalue weighted by Gasteiger charge is -2.28. The topological polar surface area (TPSA) is 66.5 Å². The summed E-state index contributed by atoms with van der Waals surface area (Å²) in [6.07, 6.45) is 0. The molecular formula is C21H20F2N4O2. The number of nitrogens with zero attached hydrogens (tertiary/aromatic N) is 2. The maximum atomic E-state index is 14.6. The number of hydrogen-bond donors (Lipinski definition) is 2. The van der Waals surface area contributed by atoms with Crippen molar-refractivity contribution in [3.8, 4) is 0 Å². The zero-order chi connectivity index (χ0) is 20.2. The number of carbonyl (C=O) groups excluding carboxylic acids is 1. The molecule has 6 nitrogen and oxygen atoms in total. The predicted molar refractivity (Wildman–Crippen MR) is 107 cm³/mol. The van der Waals surface area contributed by atoms with Gasteiger partial charge < -0.3 is 20.3 Å². The van der Waals surface area contributed by atoms with Gasteiger partial charge in [-0.15, -0.1) is 0 Å². The maximum absolute atomic E-state index is 14.6. The third-order valence-corrected chi connectivity index (χ3v) is 4.69. The summed E-state index contributed by atoms with van der Waals surface area (Å²) in [5.41, 5.74) is 1.34. The molecule has 8 heteroatoms. The minimum atomic E-state index is -0.508. The van der Waals surface area contributed by atoms with E-state index in [2.05, 4.69) is 20.5 Å². The molecule has 2 N–H and O–H groups in total. The van der Waals surface area contributed by atoms with Gasteiger partial charge in [0.1, 0.15) is 17.2 Å². The number of benzene rings is 2. The molecule has 4 rings (SSSR count). The first-order valence-corrected chi connectivity index (χ1v) is 9.31. The van der Waals surface area contributed by atoms with Gasteiger partial charge in [0.15, 0.2) is 5.82 Å². The molecular weight excluding hydrogens is 378 g/mol. The van der Waals surface area contributed by atoms with E-state index in [0.717, 1.165) is 5.56 Å². The quantitative estimate of drug-likeness (QED) is 0.704. The van der Waals surface area contributed by atoms with Crippen molar-refractivity contribution in [2.75, 3.05) is 36.5 Å². The van der Waals surface area contributed by atoms with Crippen LogP contribution in [-0.2, 0) is 11.3 Å². The molecule has 0 spiro atoms. The number of fused-ring (bicyclic) bond motifs is 1. The van der Waals surface area contributed by atoms with Gasteiger partial charge in [0, 0.05) is 30.7 Å². The minimum Gasteiger partial charge on any atom is -0.378 e. The van der Waals surface area contributed by atoms with E-state index in [-0.39, 0.29) is 17.9 Å². The average molecular weight is 398 g/mol. The summed E-state index contributed by atoms with van der Waals surface area (Å²) in [7, 11) is 0. The fourth-order valence-electron chi connectivity index (χ4n) is 3.18. The second kappa shape index (κ2) is 8.40. The smallest absolute Gasteiger partial charge is 0.319 e. The maximum Gasteiger partial charge on any atom is 0.319 e. The highest BCUT2D eigenvalue weighted by atomic mass is 19.1. The number of pyridine rings is 1. The number of ether oxygens (including phenoxy) is 1. The Balaban J connectivity index is 1.45. The van der Waals surface area contributed by atoms with Gasteiger partial charge in [-0.3, -0.25) is 0 Å². The first-order valence-electron chi connectivity index (χ1n) is 9.31. The fourth-order valence-corrected chi connectivity index (χ4v) is 3.18. The van der Waals surface area contributed by atoms with Crippen LogP contribution in [0.1, 0.15) is 5.56 Å². The molecule has 2 heterocycles. The Bertz CT molecular complexity index is 1020. The highest BCUT2D eigenvalue weighted by Crippen LogP contribution is 2.25. The van der Waals surface area contributed by atoms with Crippen molar-refractivity contribution in [1.29, 1.82) is 0 Å². The van der Waals surface area contributed by atoms with Gasteiger partial charge in [-0.1, -0.05) is 12.1 Å². The lowest BCUT2D eigenvalue weighted by atomic mass is 10.2. The molecule has 29 heavy (non-hydrogen) atoms. The standard InChI is InChI=1S/C21H20F2N4O2/c22-16-4-1-14(2-5-16)13-24-21(28)25-17-11-15-3-6-19(26-20(15)18(23)12-17)27-7-9-29-10-8-27/h1-6,11-12H,7-10,13H2,(H2,24,25,28). The molecule has 1 fully saturated rings. The van der Waals surface area contributed by atoms with Crippen LogP contribution in [-0.4, -0.2) is 37.3 Å². The number of morpholine rings is 1. The van der Waals surface area contributed by atoms with E-state index in [1.54, 1.807) is 24.3 Å². The summed E-state index contributed by atoms with van der Waals surface area (Å²) in [6.45, 7) is 2.91. The highest BCUT2D eigenvalue weighted by Gasteiger charge is 2.15. The van der Waals surface area contributed by atoms with Crippen LogP contribution in [0.15, 0.2) is 48.5 Å². The molecule has 0 aliphatic carbocycles. The van der Waals surface area contributed by atoms with Crippen LogP contribution in [0, 0.1) is 11.6 Å². The normalized spacial score (nSPS) is 14.1. The van der Waals surface area contributed by atoms with Crippen molar-refractivity contribution in [2.24, 2.45) is 0 Å². The zero-order valence-electron chi connectivity index (χ0n) is 15.6. The van der Waals surface area contributed by atoms with Crippen LogP contribution in [0.25, 0.3) is 10.9 Å². The zero-order valence-corrected chi connectivity index (χ0v) is 15.6. The van der Waals surface area contributed by atoms with E-state index in [1.165, 1.54) is 18.2 Å². The van der Waals surface area contributed by atoms with E-state index in [1.807, 2.05) is 6.07 Å². The largest absolute Gasteiger partial charge is 0.378 e. The third-order valence-electron chi connectivity index (χ3n) is 4.69. The van der Waals surface area contributed by atoms with Crippen molar-refractivity contribution in [3.05, 3.63) is 65.7 Å². The van der Waals surface area contributed by atoms with E-state index < -0.39 is 11.8 Å². The van der Waals surface area contributed by atoms with E-state index in [9.17, 15) is 13.6 Å². The van der Waals surface area contributed by atoms with Crippen LogP contribution >= 0.6 is 0 Å². The Morgan fingerprint density at radius 2 is 1.83 bits per heavy atom. The van der Waals surface area contributed by atoms with Crippen LogP contribution in [0.3, 0.4) is 0 Å². The lowest BCUT2D eigenvalue weighted by Crippen LogP contribution is -2.36. The van der Waals surface area contributed by atoms with E-state index >= 15 is 0 Å². The summed E-state index contributed by atoms with van der Waals surface area (Å²) in [6, 6.07) is 11.9. The minimum absolute atomic E-state index is 0.229. The van der Waals surface area contributed by atoms with Gasteiger partial charge in [0.2, 0.25) is 0 Å². The predicted octanol–water partition coefficient (Wildman–Crippen LogP) is 3.67. The monoisotopic (exact) mass is 398 g/mol. The molecule has 1 aromatic heterocycles. The van der Waals surface area contributed by atoms with Crippen molar-refractivity contribution in [3.63, 3.8) is 0 Å². The van der Waals surface area contributed by atoms with Crippen LogP contribution in [0.4, 0.5) is 25.1 Å². The molecule has 1 saturated heterocycles. The second-order valence-corrected chi connectivity index (χ2v) is 6.73. The summed E-state index contributed by atoms with van der Waals surface area (Å²) in [5.74, 6) is -0.140. The number of amides is 2. The van der Waals surface area contributed by atoms with Crippen LogP contribution < -0.4 is 15.5 Å². The fraction of sp³-hybridized carbons (Fsp3) is 0.238. The summed E-state index contributed by atoms with van der Waals surface area (Å²) in [5, 5.41) is 5.87. The molecule has 0 saturated carbocycles. The average Bonchev–Trinajstić information content (AvgIpc) is 2.74. The molecule has 150 valence electrons. The van der Waals surface area contributed by atoms with Crippen molar-refractivity contribution in [1.82, 2.24) is 10.3 Å². The van der Waals surface area contributed by atoms with Crippen molar-refractivity contribution in [2.45, 2.75) is 6.54 Å². The van der Waals surface area contributed by atoms with Crippen molar-refractivity contribution >= 4 is 28.4 Å². The Morgan fingerprint density at radius 1 is 1.07 bits per heavy atom. The van der Waals surface area contributed by atoms with Gasteiger partial charge in [0.25, 0.3) is 0 Å². The molecule has 0 bridgehead atoms. The van der Waals surface area contributed by atoms with E-state index in [0.29, 0.717) is 43.2 Å². The molecule has 0 unspecified atom stereocenters. The number of halogens is 2. The number of urea groups is 1. The first kappa shape index (κ1) is 19.1. The lowest BCUT2D eigenvalue weighted by molar-refractivity contribution is 0.122. The Morgan fingerprint density at radius 3 is 2.59 bits per heavy atom. The van der Waals surface area contributed by atoms with Gasteiger partial charge in [-0.05, 0) is 42.0 Å². The number of rotatable bonds is 4. The molecule has 2 amide bonds. The molecule has 3 aromatic rings. The summed E-state index contributed by atoms with van der Waals surface area (Å²) >= 11 is 0. The molecule has 2 aromatic carbocycles. The third kappa shape index (κ3) is 4.60. The molecule has 1 aliphatic heterocycles. The SMILES string of the molecule is O=C(NCc1ccc(F)cc1)Nc1cc(F)c2nc(N3CCOCC3)ccc2c1. The Labute approximate surface area is 166 Å². The van der Waals surface area contributed by atoms with Crippen LogP contribution in [0.5, 0.6) is 0 Å². The number of aromatic nitrogens is 1. The Kier molecular flexibility index (Phi) is 5.53. The summed E-state index contributed by atoms with van der Waals surface area (Å²) < 4.78 is 32.9. The molecule has 1 aliphatic rings. The summed E-state index contributed by atoms with van der Waals surface area (Å²) in [4.78, 5) is 18.6. The molecule has 0 atom stereocenters. The first-order chi connectivity index (χ1) is 14.1. The Hall–Kier alpha value is -3.26.